The molecule has 0 aromatic rings. The molecule has 3 rings (SSSR count). The van der Waals surface area contributed by atoms with E-state index in [0.29, 0.717) is 12.0 Å². The Labute approximate surface area is 130 Å². The summed E-state index contributed by atoms with van der Waals surface area (Å²) in [6.45, 7) is 9.24. The van der Waals surface area contributed by atoms with Gasteiger partial charge < -0.3 is 14.2 Å². The first-order chi connectivity index (χ1) is 10.3. The molecule has 0 amide bonds. The van der Waals surface area contributed by atoms with Crippen molar-refractivity contribution in [2.75, 3.05) is 0 Å². The summed E-state index contributed by atoms with van der Waals surface area (Å²) in [5.74, 6) is -0.678. The second-order valence-corrected chi connectivity index (χ2v) is 6.70. The molecule has 0 aromatic heterocycles. The fourth-order valence-corrected chi connectivity index (χ4v) is 3.46. The Morgan fingerprint density at radius 1 is 1.50 bits per heavy atom. The molecule has 0 N–H and O–H groups in total. The summed E-state index contributed by atoms with van der Waals surface area (Å²) >= 11 is 0. The van der Waals surface area contributed by atoms with Crippen LogP contribution in [0.2, 0.25) is 0 Å². The van der Waals surface area contributed by atoms with Crippen LogP contribution in [0.5, 0.6) is 0 Å². The average molecular weight is 306 g/mol. The molecule has 0 radical (unpaired) electrons. The van der Waals surface area contributed by atoms with Crippen LogP contribution in [-0.2, 0) is 23.8 Å². The summed E-state index contributed by atoms with van der Waals surface area (Å²) in [5, 5.41) is 0. The van der Waals surface area contributed by atoms with E-state index < -0.39 is 0 Å². The molecule has 0 aromatic carbocycles. The van der Waals surface area contributed by atoms with Gasteiger partial charge in [-0.1, -0.05) is 6.58 Å². The highest BCUT2D eigenvalue weighted by Gasteiger charge is 2.54. The molecule has 0 spiro atoms. The monoisotopic (exact) mass is 306 g/mol. The number of carbonyl (C=O) groups excluding carboxylic acids is 2. The molecule has 22 heavy (non-hydrogen) atoms. The topological polar surface area (TPSA) is 65.1 Å². The number of esters is 2. The van der Waals surface area contributed by atoms with Gasteiger partial charge in [0.25, 0.3) is 0 Å². The van der Waals surface area contributed by atoms with E-state index in [1.165, 1.54) is 6.92 Å². The number of carbonyl (C=O) groups is 2. The van der Waals surface area contributed by atoms with Crippen LogP contribution < -0.4 is 0 Å². The number of hydrogen-bond donors (Lipinski definition) is 0. The molecule has 1 aliphatic carbocycles. The zero-order valence-electron chi connectivity index (χ0n) is 13.3. The van der Waals surface area contributed by atoms with E-state index in [1.54, 1.807) is 0 Å². The van der Waals surface area contributed by atoms with E-state index in [-0.39, 0.29) is 41.8 Å². The van der Waals surface area contributed by atoms with Crippen LogP contribution in [0.1, 0.15) is 40.0 Å². The van der Waals surface area contributed by atoms with Crippen molar-refractivity contribution in [3.05, 3.63) is 23.8 Å². The Bertz CT molecular complexity index is 563. The Morgan fingerprint density at radius 3 is 2.91 bits per heavy atom. The number of rotatable bonds is 1. The van der Waals surface area contributed by atoms with Gasteiger partial charge >= 0.3 is 11.9 Å². The summed E-state index contributed by atoms with van der Waals surface area (Å²) < 4.78 is 16.7. The van der Waals surface area contributed by atoms with Gasteiger partial charge in [0.15, 0.2) is 0 Å². The molecular formula is C17H22O5. The highest BCUT2D eigenvalue weighted by molar-refractivity contribution is 5.91. The van der Waals surface area contributed by atoms with Crippen LogP contribution in [0.25, 0.3) is 0 Å². The fraction of sp³-hybridized carbons (Fsp3) is 0.647. The Morgan fingerprint density at radius 2 is 2.23 bits per heavy atom. The van der Waals surface area contributed by atoms with Crippen molar-refractivity contribution in [2.45, 2.75) is 63.9 Å². The average Bonchev–Trinajstić information content (AvgIpc) is 2.98. The zero-order chi connectivity index (χ0) is 16.1. The lowest BCUT2D eigenvalue weighted by atomic mass is 9.84. The minimum atomic E-state index is -0.337. The smallest absolute Gasteiger partial charge is 0.334 e. The molecule has 2 saturated heterocycles. The van der Waals surface area contributed by atoms with Gasteiger partial charge in [0.05, 0.1) is 11.7 Å². The lowest BCUT2D eigenvalue weighted by Crippen LogP contribution is -2.27. The predicted molar refractivity (Wildman–Crippen MR) is 79.0 cm³/mol. The molecular weight excluding hydrogens is 284 g/mol. The van der Waals surface area contributed by atoms with Crippen molar-refractivity contribution in [1.82, 2.24) is 0 Å². The highest BCUT2D eigenvalue weighted by atomic mass is 16.6. The van der Waals surface area contributed by atoms with E-state index in [0.717, 1.165) is 18.4 Å². The molecule has 3 aliphatic rings. The first kappa shape index (κ1) is 15.3. The molecule has 2 aliphatic heterocycles. The van der Waals surface area contributed by atoms with E-state index in [2.05, 4.69) is 13.5 Å². The Balaban J connectivity index is 1.90. The second-order valence-electron chi connectivity index (χ2n) is 6.70. The lowest BCUT2D eigenvalue weighted by molar-refractivity contribution is -0.145. The molecule has 120 valence electrons. The first-order valence-electron chi connectivity index (χ1n) is 7.73. The van der Waals surface area contributed by atoms with Gasteiger partial charge in [0.2, 0.25) is 0 Å². The van der Waals surface area contributed by atoms with Gasteiger partial charge in [-0.2, -0.15) is 0 Å². The SMILES string of the molecule is C=C1C(=O)O[C@@H]2/C=C(/C)[C@@H](OC(C)=O)C[C@H]3O[C@]3(C)CC[C@@H]12. The number of hydrogen-bond acceptors (Lipinski definition) is 5. The molecule has 0 saturated carbocycles. The quantitative estimate of drug-likeness (QED) is 0.322. The third-order valence-electron chi connectivity index (χ3n) is 5.01. The van der Waals surface area contributed by atoms with Crippen LogP contribution in [0, 0.1) is 5.92 Å². The maximum Gasteiger partial charge on any atom is 0.334 e. The maximum absolute atomic E-state index is 11.8. The maximum atomic E-state index is 11.8. The summed E-state index contributed by atoms with van der Waals surface area (Å²) in [6, 6.07) is 0. The van der Waals surface area contributed by atoms with Gasteiger partial charge in [0, 0.05) is 24.8 Å². The minimum absolute atomic E-state index is 0.0276. The molecule has 5 atom stereocenters. The first-order valence-corrected chi connectivity index (χ1v) is 7.73. The normalized spacial score (nSPS) is 43.3. The molecule has 0 unspecified atom stereocenters. The summed E-state index contributed by atoms with van der Waals surface area (Å²) in [4.78, 5) is 23.2. The number of epoxide rings is 1. The van der Waals surface area contributed by atoms with Crippen LogP contribution in [-0.4, -0.2) is 35.9 Å². The molecule has 5 nitrogen and oxygen atoms in total. The zero-order valence-corrected chi connectivity index (χ0v) is 13.3. The molecule has 0 bridgehead atoms. The number of ether oxygens (including phenoxy) is 3. The Kier molecular flexibility index (Phi) is 3.63. The fourth-order valence-electron chi connectivity index (χ4n) is 3.46. The minimum Gasteiger partial charge on any atom is -0.458 e. The Hall–Kier alpha value is -1.62. The van der Waals surface area contributed by atoms with E-state index >= 15 is 0 Å². The van der Waals surface area contributed by atoms with Gasteiger partial charge in [-0.3, -0.25) is 4.79 Å². The van der Waals surface area contributed by atoms with Crippen molar-refractivity contribution in [2.24, 2.45) is 5.92 Å². The van der Waals surface area contributed by atoms with Crippen molar-refractivity contribution in [1.29, 1.82) is 0 Å². The molecule has 2 fully saturated rings. The van der Waals surface area contributed by atoms with Crippen molar-refractivity contribution in [3.8, 4) is 0 Å². The van der Waals surface area contributed by atoms with Crippen LogP contribution >= 0.6 is 0 Å². The molecule has 2 heterocycles. The largest absolute Gasteiger partial charge is 0.458 e. The highest BCUT2D eigenvalue weighted by Crippen LogP contribution is 2.47. The van der Waals surface area contributed by atoms with Crippen LogP contribution in [0.4, 0.5) is 0 Å². The predicted octanol–water partition coefficient (Wildman–Crippen LogP) is 2.30. The standard InChI is InChI=1S/C17H22O5/c1-9-7-14-12(10(2)16(19)21-14)5-6-17(4)15(22-17)8-13(9)20-11(3)18/h7,12-15H,2,5-6,8H2,1,3-4H3/b9-7-/t12-,13-,14+,15+,17+/m0/s1. The third kappa shape index (κ3) is 2.70. The van der Waals surface area contributed by atoms with Gasteiger partial charge in [-0.25, -0.2) is 4.79 Å². The third-order valence-corrected chi connectivity index (χ3v) is 5.01. The van der Waals surface area contributed by atoms with Gasteiger partial charge in [0.1, 0.15) is 12.2 Å². The summed E-state index contributed by atoms with van der Waals surface area (Å²) in [5.41, 5.74) is 1.22. The lowest BCUT2D eigenvalue weighted by Gasteiger charge is -2.23. The van der Waals surface area contributed by atoms with Crippen LogP contribution in [0.3, 0.4) is 0 Å². The van der Waals surface area contributed by atoms with E-state index in [1.807, 2.05) is 13.0 Å². The van der Waals surface area contributed by atoms with Gasteiger partial charge in [-0.15, -0.1) is 0 Å². The van der Waals surface area contributed by atoms with E-state index in [4.69, 9.17) is 14.2 Å². The van der Waals surface area contributed by atoms with E-state index in [9.17, 15) is 9.59 Å². The van der Waals surface area contributed by atoms with Crippen LogP contribution in [0.15, 0.2) is 23.8 Å². The second kappa shape index (κ2) is 5.23. The van der Waals surface area contributed by atoms with Crippen molar-refractivity contribution >= 4 is 11.9 Å². The summed E-state index contributed by atoms with van der Waals surface area (Å²) in [6.07, 6.45) is 3.62. The number of fused-ring (bicyclic) bond motifs is 2. The molecule has 5 heteroatoms. The van der Waals surface area contributed by atoms with Crippen molar-refractivity contribution in [3.63, 3.8) is 0 Å². The van der Waals surface area contributed by atoms with Crippen molar-refractivity contribution < 1.29 is 23.8 Å². The summed E-state index contributed by atoms with van der Waals surface area (Å²) in [7, 11) is 0. The van der Waals surface area contributed by atoms with Gasteiger partial charge in [-0.05, 0) is 38.3 Å².